The van der Waals surface area contributed by atoms with E-state index in [0.29, 0.717) is 17.6 Å². The minimum atomic E-state index is -0.150. The number of carbonyl (C=O) groups is 1. The molecular formula is C15H26O3. The van der Waals surface area contributed by atoms with Crippen LogP contribution in [0.4, 0.5) is 0 Å². The molecule has 1 unspecified atom stereocenters. The van der Waals surface area contributed by atoms with Crippen molar-refractivity contribution >= 4 is 5.78 Å². The smallest absolute Gasteiger partial charge is 0.159 e. The van der Waals surface area contributed by atoms with Gasteiger partial charge in [0.15, 0.2) is 6.29 Å². The first-order valence-electron chi connectivity index (χ1n) is 7.13. The van der Waals surface area contributed by atoms with E-state index in [9.17, 15) is 4.79 Å². The van der Waals surface area contributed by atoms with Crippen LogP contribution in [0.3, 0.4) is 0 Å². The monoisotopic (exact) mass is 254 g/mol. The molecule has 4 atom stereocenters. The Hall–Kier alpha value is -0.410. The predicted molar refractivity (Wildman–Crippen MR) is 70.1 cm³/mol. The third-order valence-electron chi connectivity index (χ3n) is 5.47. The summed E-state index contributed by atoms with van der Waals surface area (Å²) in [5.41, 5.74) is 0.171. The zero-order valence-corrected chi connectivity index (χ0v) is 12.1. The van der Waals surface area contributed by atoms with Crippen LogP contribution in [0.5, 0.6) is 0 Å². The lowest BCUT2D eigenvalue weighted by atomic mass is 9.62. The van der Waals surface area contributed by atoms with Gasteiger partial charge in [-0.1, -0.05) is 13.8 Å². The molecule has 0 aromatic rings. The van der Waals surface area contributed by atoms with Gasteiger partial charge in [-0.2, -0.15) is 0 Å². The van der Waals surface area contributed by atoms with Gasteiger partial charge in [0.25, 0.3) is 0 Å². The van der Waals surface area contributed by atoms with Crippen molar-refractivity contribution in [1.82, 2.24) is 0 Å². The Bertz CT molecular complexity index is 311. The summed E-state index contributed by atoms with van der Waals surface area (Å²) in [5, 5.41) is 0. The minimum absolute atomic E-state index is 0.150. The molecule has 18 heavy (non-hydrogen) atoms. The lowest BCUT2D eigenvalue weighted by molar-refractivity contribution is -0.158. The van der Waals surface area contributed by atoms with Gasteiger partial charge in [0.2, 0.25) is 0 Å². The highest BCUT2D eigenvalue weighted by atomic mass is 16.7. The Morgan fingerprint density at radius 3 is 2.56 bits per heavy atom. The Morgan fingerprint density at radius 2 is 1.94 bits per heavy atom. The average molecular weight is 254 g/mol. The number of rotatable bonds is 4. The van der Waals surface area contributed by atoms with Gasteiger partial charge < -0.3 is 9.47 Å². The topological polar surface area (TPSA) is 35.5 Å². The maximum atomic E-state index is 12.1. The van der Waals surface area contributed by atoms with Crippen LogP contribution in [0, 0.1) is 23.2 Å². The molecule has 2 aliphatic rings. The SMILES string of the molecule is COC(OC)[C@@H](C)[C@H]1CCC2C(=O)CCC[C@@]21C. The number of ketones is 1. The van der Waals surface area contributed by atoms with Crippen LogP contribution >= 0.6 is 0 Å². The Morgan fingerprint density at radius 1 is 1.28 bits per heavy atom. The van der Waals surface area contributed by atoms with Crippen LogP contribution < -0.4 is 0 Å². The molecule has 0 aromatic heterocycles. The van der Waals surface area contributed by atoms with Crippen LogP contribution in [0.1, 0.15) is 46.0 Å². The minimum Gasteiger partial charge on any atom is -0.356 e. The van der Waals surface area contributed by atoms with E-state index in [2.05, 4.69) is 13.8 Å². The number of ether oxygens (including phenoxy) is 2. The summed E-state index contributed by atoms with van der Waals surface area (Å²) >= 11 is 0. The lowest BCUT2D eigenvalue weighted by Gasteiger charge is -2.43. The van der Waals surface area contributed by atoms with Crippen molar-refractivity contribution in [1.29, 1.82) is 0 Å². The number of carbonyl (C=O) groups excluding carboxylic acids is 1. The van der Waals surface area contributed by atoms with E-state index in [1.165, 1.54) is 6.42 Å². The van der Waals surface area contributed by atoms with Gasteiger partial charge in [-0.3, -0.25) is 4.79 Å². The van der Waals surface area contributed by atoms with Gasteiger partial charge in [-0.15, -0.1) is 0 Å². The molecular weight excluding hydrogens is 228 g/mol. The maximum absolute atomic E-state index is 12.1. The molecule has 3 heteroatoms. The van der Waals surface area contributed by atoms with Gasteiger partial charge in [-0.25, -0.2) is 0 Å². The number of fused-ring (bicyclic) bond motifs is 1. The molecule has 2 fully saturated rings. The third kappa shape index (κ3) is 2.12. The second-order valence-corrected chi connectivity index (χ2v) is 6.26. The number of Topliss-reactive ketones (excluding diaryl/α,β-unsaturated/α-hetero) is 1. The quantitative estimate of drug-likeness (QED) is 0.723. The first-order chi connectivity index (χ1) is 8.54. The van der Waals surface area contributed by atoms with Gasteiger partial charge in [0.1, 0.15) is 5.78 Å². The van der Waals surface area contributed by atoms with Crippen molar-refractivity contribution in [2.75, 3.05) is 14.2 Å². The van der Waals surface area contributed by atoms with E-state index >= 15 is 0 Å². The Labute approximate surface area is 110 Å². The van der Waals surface area contributed by atoms with E-state index in [1.807, 2.05) is 0 Å². The largest absolute Gasteiger partial charge is 0.356 e. The standard InChI is InChI=1S/C15H26O3/c1-10(14(17-3)18-4)11-7-8-12-13(16)6-5-9-15(11,12)2/h10-12,14H,5-9H2,1-4H3/t10-,11+,12?,15+/m0/s1. The normalized spacial score (nSPS) is 37.9. The highest BCUT2D eigenvalue weighted by Gasteiger charge is 2.53. The second kappa shape index (κ2) is 5.30. The average Bonchev–Trinajstić information content (AvgIpc) is 2.69. The third-order valence-corrected chi connectivity index (χ3v) is 5.47. The number of hydrogen-bond donors (Lipinski definition) is 0. The summed E-state index contributed by atoms with van der Waals surface area (Å²) in [6.07, 6.45) is 5.07. The molecule has 0 heterocycles. The molecule has 2 saturated carbocycles. The van der Waals surface area contributed by atoms with Gasteiger partial charge in [0, 0.05) is 32.5 Å². The molecule has 0 aromatic carbocycles. The van der Waals surface area contributed by atoms with Gasteiger partial charge in [0.05, 0.1) is 0 Å². The van der Waals surface area contributed by atoms with Crippen LogP contribution in [0.2, 0.25) is 0 Å². The summed E-state index contributed by atoms with van der Waals surface area (Å²) in [5.74, 6) is 1.66. The molecule has 3 nitrogen and oxygen atoms in total. The fraction of sp³-hybridized carbons (Fsp3) is 0.933. The van der Waals surface area contributed by atoms with Crippen LogP contribution in [-0.2, 0) is 14.3 Å². The van der Waals surface area contributed by atoms with Crippen molar-refractivity contribution in [2.45, 2.75) is 52.2 Å². The molecule has 2 rings (SSSR count). The predicted octanol–water partition coefficient (Wildman–Crippen LogP) is 3.03. The highest BCUT2D eigenvalue weighted by Crippen LogP contribution is 2.57. The number of methoxy groups -OCH3 is 2. The lowest BCUT2D eigenvalue weighted by Crippen LogP contribution is -2.42. The molecule has 0 N–H and O–H groups in total. The van der Waals surface area contributed by atoms with E-state index in [0.717, 1.165) is 25.7 Å². The zero-order chi connectivity index (χ0) is 13.3. The Balaban J connectivity index is 2.17. The van der Waals surface area contributed by atoms with Crippen molar-refractivity contribution in [3.63, 3.8) is 0 Å². The van der Waals surface area contributed by atoms with Crippen molar-refractivity contribution in [3.05, 3.63) is 0 Å². The summed E-state index contributed by atoms with van der Waals surface area (Å²) in [6.45, 7) is 4.51. The van der Waals surface area contributed by atoms with Gasteiger partial charge >= 0.3 is 0 Å². The van der Waals surface area contributed by atoms with Crippen molar-refractivity contribution < 1.29 is 14.3 Å². The Kier molecular flexibility index (Phi) is 4.12. The molecule has 0 amide bonds. The molecule has 2 aliphatic carbocycles. The summed E-state index contributed by atoms with van der Waals surface area (Å²) in [6, 6.07) is 0. The molecule has 0 spiro atoms. The molecule has 0 aliphatic heterocycles. The first-order valence-corrected chi connectivity index (χ1v) is 7.13. The molecule has 0 bridgehead atoms. The molecule has 0 radical (unpaired) electrons. The fourth-order valence-electron chi connectivity index (χ4n) is 4.55. The van der Waals surface area contributed by atoms with E-state index < -0.39 is 0 Å². The van der Waals surface area contributed by atoms with Gasteiger partial charge in [-0.05, 0) is 37.0 Å². The molecule has 0 saturated heterocycles. The summed E-state index contributed by atoms with van der Waals surface area (Å²) < 4.78 is 10.8. The number of hydrogen-bond acceptors (Lipinski definition) is 3. The van der Waals surface area contributed by atoms with Crippen molar-refractivity contribution in [3.8, 4) is 0 Å². The summed E-state index contributed by atoms with van der Waals surface area (Å²) in [7, 11) is 3.40. The van der Waals surface area contributed by atoms with Crippen LogP contribution in [0.25, 0.3) is 0 Å². The van der Waals surface area contributed by atoms with Crippen LogP contribution in [0.15, 0.2) is 0 Å². The van der Waals surface area contributed by atoms with Crippen molar-refractivity contribution in [2.24, 2.45) is 23.2 Å². The maximum Gasteiger partial charge on any atom is 0.159 e. The van der Waals surface area contributed by atoms with E-state index in [4.69, 9.17) is 9.47 Å². The summed E-state index contributed by atoms with van der Waals surface area (Å²) in [4.78, 5) is 12.1. The zero-order valence-electron chi connectivity index (χ0n) is 12.1. The first kappa shape index (κ1) is 14.0. The highest BCUT2D eigenvalue weighted by molar-refractivity contribution is 5.83. The second-order valence-electron chi connectivity index (χ2n) is 6.26. The van der Waals surface area contributed by atoms with E-state index in [1.54, 1.807) is 14.2 Å². The fourth-order valence-corrected chi connectivity index (χ4v) is 4.55. The molecule has 104 valence electrons. The van der Waals surface area contributed by atoms with Crippen LogP contribution in [-0.4, -0.2) is 26.3 Å². The van der Waals surface area contributed by atoms with E-state index in [-0.39, 0.29) is 17.6 Å².